The molecule has 0 saturated heterocycles. The molecule has 2 rings (SSSR count). The molecule has 0 unspecified atom stereocenters. The maximum absolute atomic E-state index is 5.11. The van der Waals surface area contributed by atoms with E-state index in [0.717, 1.165) is 11.4 Å². The van der Waals surface area contributed by atoms with Gasteiger partial charge in [0.25, 0.3) is 0 Å². The second-order valence-electron chi connectivity index (χ2n) is 3.04. The smallest absolute Gasteiger partial charge is 0.0629 e. The molecule has 0 saturated carbocycles. The Kier molecular flexibility index (Phi) is 3.20. The first-order valence-electron chi connectivity index (χ1n) is 4.73. The molecule has 0 atom stereocenters. The van der Waals surface area contributed by atoms with E-state index in [1.165, 1.54) is 0 Å². The van der Waals surface area contributed by atoms with E-state index in [4.69, 9.17) is 4.94 Å². The van der Waals surface area contributed by atoms with E-state index >= 15 is 0 Å². The van der Waals surface area contributed by atoms with Gasteiger partial charge in [-0.25, -0.2) is 11.0 Å². The molecule has 2 aromatic carbocycles. The molecule has 0 radical (unpaired) electrons. The first-order chi connectivity index (χ1) is 7.45. The lowest BCUT2D eigenvalue weighted by Gasteiger charge is -2.07. The van der Waals surface area contributed by atoms with Crippen LogP contribution >= 0.6 is 0 Å². The molecule has 0 aliphatic rings. The van der Waals surface area contributed by atoms with Crippen molar-refractivity contribution in [3.05, 3.63) is 60.7 Å². The fourth-order valence-electron chi connectivity index (χ4n) is 1.16. The molecule has 0 aromatic heterocycles. The first-order valence-corrected chi connectivity index (χ1v) is 4.73. The van der Waals surface area contributed by atoms with E-state index in [1.807, 2.05) is 60.7 Å². The molecular weight excluding hydrogens is 188 g/mol. The van der Waals surface area contributed by atoms with Crippen molar-refractivity contribution < 1.29 is 4.94 Å². The Morgan fingerprint density at radius 1 is 0.600 bits per heavy atom. The van der Waals surface area contributed by atoms with Crippen molar-refractivity contribution in [1.82, 2.24) is 0 Å². The largest absolute Gasteiger partial charge is 0.242 e. The predicted octanol–water partition coefficient (Wildman–Crippen LogP) is 3.06. The molecule has 0 fully saturated rings. The summed E-state index contributed by atoms with van der Waals surface area (Å²) in [7, 11) is 0. The molecule has 0 aliphatic carbocycles. The standard InChI is InChI=1S/C12H12N2O/c1-3-7-11(8-4-1)13-15-14-12-9-5-2-6-10-12/h1-10,13-14H. The van der Waals surface area contributed by atoms with Gasteiger partial charge in [-0.2, -0.15) is 4.94 Å². The number of hydrogen-bond donors (Lipinski definition) is 2. The van der Waals surface area contributed by atoms with Crippen LogP contribution in [0.25, 0.3) is 0 Å². The van der Waals surface area contributed by atoms with Crippen molar-refractivity contribution in [1.29, 1.82) is 0 Å². The van der Waals surface area contributed by atoms with Crippen LogP contribution in [-0.2, 0) is 4.94 Å². The normalized spacial score (nSPS) is 9.60. The van der Waals surface area contributed by atoms with Crippen molar-refractivity contribution in [2.24, 2.45) is 0 Å². The number of anilines is 2. The number of rotatable bonds is 4. The highest BCUT2D eigenvalue weighted by atomic mass is 16.8. The third kappa shape index (κ3) is 3.00. The van der Waals surface area contributed by atoms with E-state index in [9.17, 15) is 0 Å². The van der Waals surface area contributed by atoms with Crippen LogP contribution in [0.1, 0.15) is 0 Å². The number of nitrogens with one attached hydrogen (secondary N) is 2. The van der Waals surface area contributed by atoms with Crippen molar-refractivity contribution in [3.63, 3.8) is 0 Å². The highest BCUT2D eigenvalue weighted by Gasteiger charge is 1.90. The fourth-order valence-corrected chi connectivity index (χ4v) is 1.16. The van der Waals surface area contributed by atoms with E-state index in [-0.39, 0.29) is 0 Å². The molecular formula is C12H12N2O. The van der Waals surface area contributed by atoms with Gasteiger partial charge in [-0.15, -0.1) is 0 Å². The molecule has 2 aromatic rings. The summed E-state index contributed by atoms with van der Waals surface area (Å²) in [6.45, 7) is 0. The molecule has 76 valence electrons. The number of para-hydroxylation sites is 2. The summed E-state index contributed by atoms with van der Waals surface area (Å²) in [6, 6.07) is 19.4. The van der Waals surface area contributed by atoms with Crippen LogP contribution in [0.15, 0.2) is 60.7 Å². The summed E-state index contributed by atoms with van der Waals surface area (Å²) < 4.78 is 0. The van der Waals surface area contributed by atoms with Crippen LogP contribution in [0, 0.1) is 0 Å². The van der Waals surface area contributed by atoms with Crippen LogP contribution in [-0.4, -0.2) is 0 Å². The summed E-state index contributed by atoms with van der Waals surface area (Å²) in [5, 5.41) is 0. The SMILES string of the molecule is c1ccc(NONc2ccccc2)cc1. The molecule has 0 spiro atoms. The molecule has 0 aliphatic heterocycles. The summed E-state index contributed by atoms with van der Waals surface area (Å²) >= 11 is 0. The van der Waals surface area contributed by atoms with Gasteiger partial charge in [0.2, 0.25) is 0 Å². The topological polar surface area (TPSA) is 33.3 Å². The molecule has 3 nitrogen and oxygen atoms in total. The van der Waals surface area contributed by atoms with E-state index < -0.39 is 0 Å². The van der Waals surface area contributed by atoms with Crippen LogP contribution in [0.3, 0.4) is 0 Å². The zero-order valence-electron chi connectivity index (χ0n) is 8.18. The predicted molar refractivity (Wildman–Crippen MR) is 61.2 cm³/mol. The average molecular weight is 200 g/mol. The van der Waals surface area contributed by atoms with Gasteiger partial charge in [0.15, 0.2) is 0 Å². The lowest BCUT2D eigenvalue weighted by atomic mass is 10.3. The van der Waals surface area contributed by atoms with E-state index in [0.29, 0.717) is 0 Å². The molecule has 15 heavy (non-hydrogen) atoms. The van der Waals surface area contributed by atoms with Crippen molar-refractivity contribution in [2.45, 2.75) is 0 Å². The summed E-state index contributed by atoms with van der Waals surface area (Å²) in [6.07, 6.45) is 0. The number of hydrogen-bond acceptors (Lipinski definition) is 3. The Morgan fingerprint density at radius 2 is 1.00 bits per heavy atom. The lowest BCUT2D eigenvalue weighted by Crippen LogP contribution is -2.07. The molecule has 2 N–H and O–H groups in total. The fraction of sp³-hybridized carbons (Fsp3) is 0. The monoisotopic (exact) mass is 200 g/mol. The quantitative estimate of drug-likeness (QED) is 0.744. The molecule has 0 amide bonds. The van der Waals surface area contributed by atoms with E-state index in [2.05, 4.69) is 11.0 Å². The van der Waals surface area contributed by atoms with Crippen molar-refractivity contribution in [2.75, 3.05) is 11.0 Å². The second-order valence-corrected chi connectivity index (χ2v) is 3.04. The van der Waals surface area contributed by atoms with Gasteiger partial charge in [0.05, 0.1) is 11.4 Å². The lowest BCUT2D eigenvalue weighted by molar-refractivity contribution is 0.264. The number of benzene rings is 2. The van der Waals surface area contributed by atoms with Crippen molar-refractivity contribution >= 4 is 11.4 Å². The minimum Gasteiger partial charge on any atom is -0.242 e. The van der Waals surface area contributed by atoms with Gasteiger partial charge in [-0.05, 0) is 24.3 Å². The van der Waals surface area contributed by atoms with Gasteiger partial charge < -0.3 is 0 Å². The molecule has 0 bridgehead atoms. The van der Waals surface area contributed by atoms with Gasteiger partial charge in [-0.3, -0.25) is 0 Å². The van der Waals surface area contributed by atoms with Crippen LogP contribution in [0.4, 0.5) is 11.4 Å². The molecule has 0 heterocycles. The highest BCUT2D eigenvalue weighted by Crippen LogP contribution is 2.07. The van der Waals surface area contributed by atoms with Crippen LogP contribution < -0.4 is 11.0 Å². The van der Waals surface area contributed by atoms with Gasteiger partial charge in [0, 0.05) is 0 Å². The zero-order chi connectivity index (χ0) is 10.3. The van der Waals surface area contributed by atoms with Crippen LogP contribution in [0.5, 0.6) is 0 Å². The minimum atomic E-state index is 0.904. The third-order valence-electron chi connectivity index (χ3n) is 1.89. The Balaban J connectivity index is 1.81. The second kappa shape index (κ2) is 5.02. The highest BCUT2D eigenvalue weighted by molar-refractivity contribution is 5.42. The Morgan fingerprint density at radius 3 is 1.40 bits per heavy atom. The zero-order valence-corrected chi connectivity index (χ0v) is 8.18. The minimum absolute atomic E-state index is 0.904. The van der Waals surface area contributed by atoms with E-state index in [1.54, 1.807) is 0 Å². The summed E-state index contributed by atoms with van der Waals surface area (Å²) in [4.78, 5) is 5.11. The van der Waals surface area contributed by atoms with Gasteiger partial charge in [-0.1, -0.05) is 36.4 Å². The van der Waals surface area contributed by atoms with Gasteiger partial charge >= 0.3 is 0 Å². The Bertz CT molecular complexity index is 349. The average Bonchev–Trinajstić information content (AvgIpc) is 2.32. The summed E-state index contributed by atoms with van der Waals surface area (Å²) in [5.41, 5.74) is 7.37. The maximum atomic E-state index is 5.11. The Labute approximate surface area is 88.6 Å². The van der Waals surface area contributed by atoms with Gasteiger partial charge in [0.1, 0.15) is 0 Å². The first kappa shape index (κ1) is 9.55. The van der Waals surface area contributed by atoms with Crippen LogP contribution in [0.2, 0.25) is 0 Å². The third-order valence-corrected chi connectivity index (χ3v) is 1.89. The Hall–Kier alpha value is -2.00. The maximum Gasteiger partial charge on any atom is 0.0629 e. The molecule has 3 heteroatoms. The van der Waals surface area contributed by atoms with Crippen molar-refractivity contribution in [3.8, 4) is 0 Å². The summed E-state index contributed by atoms with van der Waals surface area (Å²) in [5.74, 6) is 0.